The van der Waals surface area contributed by atoms with E-state index in [2.05, 4.69) is 51.6 Å². The average Bonchev–Trinajstić information content (AvgIpc) is 2.64. The van der Waals surface area contributed by atoms with Crippen molar-refractivity contribution in [3.63, 3.8) is 0 Å². The molecule has 2 rings (SSSR count). The molecular weight excluding hydrogens is 328 g/mol. The minimum atomic E-state index is 0.235. The monoisotopic (exact) mass is 348 g/mol. The van der Waals surface area contributed by atoms with E-state index in [1.165, 1.54) is 39.7 Å². The van der Waals surface area contributed by atoms with Crippen molar-refractivity contribution in [2.24, 2.45) is 5.73 Å². The van der Waals surface area contributed by atoms with Gasteiger partial charge in [0.25, 0.3) is 0 Å². The summed E-state index contributed by atoms with van der Waals surface area (Å²) in [5.74, 6) is 2.53. The van der Waals surface area contributed by atoms with Crippen LogP contribution in [0.15, 0.2) is 15.9 Å². The van der Waals surface area contributed by atoms with Crippen molar-refractivity contribution in [2.75, 3.05) is 24.6 Å². The van der Waals surface area contributed by atoms with Crippen molar-refractivity contribution in [1.82, 2.24) is 4.90 Å². The van der Waals surface area contributed by atoms with E-state index in [1.54, 1.807) is 0 Å². The van der Waals surface area contributed by atoms with Gasteiger partial charge >= 0.3 is 0 Å². The molecule has 1 aromatic heterocycles. The second-order valence-corrected chi connectivity index (χ2v) is 8.38. The second-order valence-electron chi connectivity index (χ2n) is 4.66. The number of hydrogen-bond acceptors (Lipinski definition) is 4. The Balaban J connectivity index is 2.18. The van der Waals surface area contributed by atoms with E-state index in [0.29, 0.717) is 6.04 Å². The van der Waals surface area contributed by atoms with Crippen LogP contribution in [0.25, 0.3) is 0 Å². The zero-order valence-corrected chi connectivity index (χ0v) is 14.0. The number of rotatable bonds is 4. The summed E-state index contributed by atoms with van der Waals surface area (Å²) in [7, 11) is 0. The van der Waals surface area contributed by atoms with Gasteiger partial charge in [0.05, 0.1) is 9.83 Å². The number of nitrogens with two attached hydrogens (primary N) is 1. The third kappa shape index (κ3) is 3.73. The fraction of sp³-hybridized carbons (Fsp3) is 0.692. The molecule has 2 nitrogen and oxygen atoms in total. The van der Waals surface area contributed by atoms with Gasteiger partial charge in [0.2, 0.25) is 0 Å². The molecule has 5 heteroatoms. The Bertz CT molecular complexity index is 362. The molecule has 102 valence electrons. The first-order valence-electron chi connectivity index (χ1n) is 6.55. The lowest BCUT2D eigenvalue weighted by Gasteiger charge is -2.33. The molecule has 0 bridgehead atoms. The van der Waals surface area contributed by atoms with Crippen LogP contribution < -0.4 is 5.73 Å². The van der Waals surface area contributed by atoms with Gasteiger partial charge in [-0.15, -0.1) is 11.3 Å². The van der Waals surface area contributed by atoms with Gasteiger partial charge in [0.1, 0.15) is 0 Å². The van der Waals surface area contributed by atoms with E-state index in [0.717, 1.165) is 6.42 Å². The molecule has 1 aliphatic rings. The standard InChI is InChI=1S/C13H21BrN2S2/c1-2-10(15)13(11-4-5-12(14)18-11)16-6-3-8-17-9-7-16/h4-5,10,13H,2-3,6-9,15H2,1H3. The third-order valence-corrected chi connectivity index (χ3v) is 6.16. The molecule has 0 amide bonds. The van der Waals surface area contributed by atoms with Crippen LogP contribution in [0.1, 0.15) is 30.7 Å². The Morgan fingerprint density at radius 3 is 2.89 bits per heavy atom. The lowest BCUT2D eigenvalue weighted by atomic mass is 10.0. The number of hydrogen-bond donors (Lipinski definition) is 1. The summed E-state index contributed by atoms with van der Waals surface area (Å²) in [5.41, 5.74) is 6.38. The first-order valence-corrected chi connectivity index (χ1v) is 9.31. The summed E-state index contributed by atoms with van der Waals surface area (Å²) in [6.07, 6.45) is 2.31. The maximum Gasteiger partial charge on any atom is 0.0702 e. The largest absolute Gasteiger partial charge is 0.326 e. The summed E-state index contributed by atoms with van der Waals surface area (Å²) in [4.78, 5) is 4.00. The van der Waals surface area contributed by atoms with Crippen molar-refractivity contribution in [3.8, 4) is 0 Å². The quantitative estimate of drug-likeness (QED) is 0.898. The van der Waals surface area contributed by atoms with E-state index < -0.39 is 0 Å². The Morgan fingerprint density at radius 2 is 2.22 bits per heavy atom. The predicted octanol–water partition coefficient (Wildman–Crippen LogP) is 3.73. The molecule has 2 unspecified atom stereocenters. The Kier molecular flexibility index (Phi) is 6.01. The SMILES string of the molecule is CCC(N)C(c1ccc(Br)s1)N1CCCSCC1. The van der Waals surface area contributed by atoms with Crippen molar-refractivity contribution in [1.29, 1.82) is 0 Å². The van der Waals surface area contributed by atoms with Gasteiger partial charge in [-0.1, -0.05) is 6.92 Å². The summed E-state index contributed by atoms with van der Waals surface area (Å²) in [5, 5.41) is 0. The molecule has 1 saturated heterocycles. The van der Waals surface area contributed by atoms with Crippen LogP contribution in [0.4, 0.5) is 0 Å². The maximum absolute atomic E-state index is 6.38. The molecule has 18 heavy (non-hydrogen) atoms. The van der Waals surface area contributed by atoms with Crippen LogP contribution in [0, 0.1) is 0 Å². The minimum Gasteiger partial charge on any atom is -0.326 e. The van der Waals surface area contributed by atoms with Gasteiger partial charge in [-0.3, -0.25) is 4.90 Å². The number of thiophene rings is 1. The Morgan fingerprint density at radius 1 is 1.39 bits per heavy atom. The lowest BCUT2D eigenvalue weighted by molar-refractivity contribution is 0.185. The molecular formula is C13H21BrN2S2. The second kappa shape index (κ2) is 7.29. The highest BCUT2D eigenvalue weighted by molar-refractivity contribution is 9.11. The summed E-state index contributed by atoms with van der Waals surface area (Å²) >= 11 is 7.46. The number of nitrogens with zero attached hydrogens (tertiary/aromatic N) is 1. The normalized spacial score (nSPS) is 21.5. The lowest BCUT2D eigenvalue weighted by Crippen LogP contribution is -2.41. The number of thioether (sulfide) groups is 1. The average molecular weight is 349 g/mol. The first kappa shape index (κ1) is 14.9. The molecule has 0 aliphatic carbocycles. The highest BCUT2D eigenvalue weighted by atomic mass is 79.9. The van der Waals surface area contributed by atoms with Crippen LogP contribution >= 0.6 is 39.0 Å². The minimum absolute atomic E-state index is 0.235. The molecule has 0 spiro atoms. The fourth-order valence-electron chi connectivity index (χ4n) is 2.42. The van der Waals surface area contributed by atoms with Gasteiger partial charge in [-0.2, -0.15) is 11.8 Å². The zero-order valence-electron chi connectivity index (χ0n) is 10.8. The Labute approximate surface area is 126 Å². The van der Waals surface area contributed by atoms with E-state index >= 15 is 0 Å². The van der Waals surface area contributed by atoms with Crippen molar-refractivity contribution in [3.05, 3.63) is 20.8 Å². The molecule has 0 radical (unpaired) electrons. The predicted molar refractivity (Wildman–Crippen MR) is 86.5 cm³/mol. The van der Waals surface area contributed by atoms with E-state index in [1.807, 2.05) is 11.3 Å². The Hall–Kier alpha value is 0.450. The molecule has 0 aromatic carbocycles. The molecule has 2 heterocycles. The topological polar surface area (TPSA) is 29.3 Å². The molecule has 1 aliphatic heterocycles. The van der Waals surface area contributed by atoms with Gasteiger partial charge in [0, 0.05) is 23.2 Å². The summed E-state index contributed by atoms with van der Waals surface area (Å²) in [6.45, 7) is 4.53. The van der Waals surface area contributed by atoms with Gasteiger partial charge in [-0.25, -0.2) is 0 Å². The van der Waals surface area contributed by atoms with E-state index in [-0.39, 0.29) is 6.04 Å². The highest BCUT2D eigenvalue weighted by Crippen LogP contribution is 2.34. The van der Waals surface area contributed by atoms with Crippen molar-refractivity contribution in [2.45, 2.75) is 31.8 Å². The highest BCUT2D eigenvalue weighted by Gasteiger charge is 2.27. The molecule has 0 saturated carbocycles. The fourth-order valence-corrected chi connectivity index (χ4v) is 4.95. The molecule has 1 aromatic rings. The third-order valence-electron chi connectivity index (χ3n) is 3.41. The first-order chi connectivity index (χ1) is 8.72. The smallest absolute Gasteiger partial charge is 0.0702 e. The van der Waals surface area contributed by atoms with Gasteiger partial charge in [-0.05, 0) is 53.2 Å². The van der Waals surface area contributed by atoms with Crippen LogP contribution in [0.5, 0.6) is 0 Å². The molecule has 2 N–H and O–H groups in total. The zero-order chi connectivity index (χ0) is 13.0. The summed E-state index contributed by atoms with van der Waals surface area (Å²) in [6, 6.07) is 5.00. The van der Waals surface area contributed by atoms with Gasteiger partial charge in [0.15, 0.2) is 0 Å². The van der Waals surface area contributed by atoms with Crippen LogP contribution in [0.2, 0.25) is 0 Å². The van der Waals surface area contributed by atoms with Crippen molar-refractivity contribution < 1.29 is 0 Å². The molecule has 2 atom stereocenters. The van der Waals surface area contributed by atoms with Crippen molar-refractivity contribution >= 4 is 39.0 Å². The molecule has 1 fully saturated rings. The van der Waals surface area contributed by atoms with Gasteiger partial charge < -0.3 is 5.73 Å². The maximum atomic E-state index is 6.38. The number of halogens is 1. The van der Waals surface area contributed by atoms with E-state index in [9.17, 15) is 0 Å². The summed E-state index contributed by atoms with van der Waals surface area (Å²) < 4.78 is 1.20. The van der Waals surface area contributed by atoms with Crippen LogP contribution in [-0.2, 0) is 0 Å². The van der Waals surface area contributed by atoms with Crippen LogP contribution in [0.3, 0.4) is 0 Å². The van der Waals surface area contributed by atoms with Crippen LogP contribution in [-0.4, -0.2) is 35.5 Å². The van der Waals surface area contributed by atoms with E-state index in [4.69, 9.17) is 5.73 Å².